The molecule has 154 valence electrons. The first-order valence-corrected chi connectivity index (χ1v) is 10.4. The topological polar surface area (TPSA) is 32.8 Å². The second-order valence-corrected chi connectivity index (χ2v) is 8.28. The molecular weight excluding hydrogens is 367 g/mol. The van der Waals surface area contributed by atoms with Gasteiger partial charge in [-0.25, -0.2) is 4.39 Å². The number of nitrogens with zero attached hydrogens (tertiary/aromatic N) is 2. The molecule has 2 saturated heterocycles. The number of likely N-dealkylation sites (tertiary alicyclic amines) is 2. The highest BCUT2D eigenvalue weighted by atomic mass is 19.1. The van der Waals surface area contributed by atoms with Crippen molar-refractivity contribution in [2.45, 2.75) is 37.3 Å². The Labute approximate surface area is 172 Å². The van der Waals surface area contributed by atoms with Crippen molar-refractivity contribution in [3.8, 4) is 0 Å². The van der Waals surface area contributed by atoms with E-state index in [4.69, 9.17) is 4.74 Å². The van der Waals surface area contributed by atoms with Gasteiger partial charge < -0.3 is 9.64 Å². The van der Waals surface area contributed by atoms with E-state index in [1.165, 1.54) is 12.1 Å². The molecule has 0 aliphatic carbocycles. The van der Waals surface area contributed by atoms with E-state index < -0.39 is 0 Å². The summed E-state index contributed by atoms with van der Waals surface area (Å²) in [6.07, 6.45) is 2.81. The van der Waals surface area contributed by atoms with Gasteiger partial charge in [-0.15, -0.1) is 0 Å². The van der Waals surface area contributed by atoms with Crippen molar-refractivity contribution in [1.82, 2.24) is 9.80 Å². The molecule has 4 nitrogen and oxygen atoms in total. The van der Waals surface area contributed by atoms with Crippen molar-refractivity contribution in [3.63, 3.8) is 0 Å². The number of piperidine rings is 1. The number of hydrogen-bond donors (Lipinski definition) is 0. The fraction of sp³-hybridized carbons (Fsp3) is 0.458. The SMILES string of the molecule is COCCN1C(=O)[C@@H](c2ccccc2)CC12CCN(Cc1ccc(F)cc1)CC2. The summed E-state index contributed by atoms with van der Waals surface area (Å²) in [5.74, 6) is -0.0199. The molecule has 2 aliphatic heterocycles. The van der Waals surface area contributed by atoms with Gasteiger partial charge in [0.1, 0.15) is 5.82 Å². The highest BCUT2D eigenvalue weighted by Gasteiger charge is 2.51. The van der Waals surface area contributed by atoms with E-state index in [-0.39, 0.29) is 23.2 Å². The Balaban J connectivity index is 1.47. The van der Waals surface area contributed by atoms with Crippen LogP contribution in [0.2, 0.25) is 0 Å². The maximum absolute atomic E-state index is 13.3. The van der Waals surface area contributed by atoms with Crippen LogP contribution in [-0.4, -0.2) is 54.6 Å². The lowest BCUT2D eigenvalue weighted by molar-refractivity contribution is -0.134. The van der Waals surface area contributed by atoms with Crippen molar-refractivity contribution in [2.75, 3.05) is 33.4 Å². The molecule has 0 radical (unpaired) electrons. The van der Waals surface area contributed by atoms with Gasteiger partial charge in [-0.2, -0.15) is 0 Å². The number of methoxy groups -OCH3 is 1. The molecule has 2 heterocycles. The molecule has 0 aromatic heterocycles. The van der Waals surface area contributed by atoms with Gasteiger partial charge in [-0.1, -0.05) is 42.5 Å². The maximum Gasteiger partial charge on any atom is 0.230 e. The first-order chi connectivity index (χ1) is 14.1. The minimum absolute atomic E-state index is 0.0586. The van der Waals surface area contributed by atoms with Crippen LogP contribution in [0.3, 0.4) is 0 Å². The van der Waals surface area contributed by atoms with Crippen molar-refractivity contribution < 1.29 is 13.9 Å². The normalized spacial score (nSPS) is 21.8. The van der Waals surface area contributed by atoms with Gasteiger partial charge in [-0.05, 0) is 42.5 Å². The van der Waals surface area contributed by atoms with Gasteiger partial charge in [-0.3, -0.25) is 9.69 Å². The fourth-order valence-electron chi connectivity index (χ4n) is 4.92. The Morgan fingerprint density at radius 3 is 2.41 bits per heavy atom. The lowest BCUT2D eigenvalue weighted by atomic mass is 9.81. The lowest BCUT2D eigenvalue weighted by Gasteiger charge is -2.45. The number of ether oxygens (including phenoxy) is 1. The summed E-state index contributed by atoms with van der Waals surface area (Å²) < 4.78 is 18.5. The standard InChI is InChI=1S/C24H29FN2O2/c1-29-16-15-27-23(28)22(20-5-3-2-4-6-20)17-24(27)11-13-26(14-12-24)18-19-7-9-21(25)10-8-19/h2-10,22H,11-18H2,1H3/t22-/m1/s1. The number of hydrogen-bond acceptors (Lipinski definition) is 3. The summed E-state index contributed by atoms with van der Waals surface area (Å²) in [6, 6.07) is 16.9. The third-order valence-electron chi connectivity index (χ3n) is 6.55. The third kappa shape index (κ3) is 4.21. The maximum atomic E-state index is 13.3. The third-order valence-corrected chi connectivity index (χ3v) is 6.55. The number of amides is 1. The van der Waals surface area contributed by atoms with Crippen molar-refractivity contribution in [3.05, 3.63) is 71.5 Å². The first kappa shape index (κ1) is 20.0. The monoisotopic (exact) mass is 396 g/mol. The van der Waals surface area contributed by atoms with Crippen LogP contribution in [0, 0.1) is 5.82 Å². The number of rotatable bonds is 6. The molecule has 1 atom stereocenters. The molecule has 0 unspecified atom stereocenters. The predicted octanol–water partition coefficient (Wildman–Crippen LogP) is 3.82. The van der Waals surface area contributed by atoms with Gasteiger partial charge in [0, 0.05) is 38.8 Å². The molecule has 0 saturated carbocycles. The van der Waals surface area contributed by atoms with E-state index in [1.54, 1.807) is 7.11 Å². The highest BCUT2D eigenvalue weighted by Crippen LogP contribution is 2.45. The number of benzene rings is 2. The first-order valence-electron chi connectivity index (χ1n) is 10.4. The Morgan fingerprint density at radius 2 is 1.76 bits per heavy atom. The van der Waals surface area contributed by atoms with Gasteiger partial charge >= 0.3 is 0 Å². The summed E-state index contributed by atoms with van der Waals surface area (Å²) in [4.78, 5) is 17.8. The summed E-state index contributed by atoms with van der Waals surface area (Å²) in [5, 5.41) is 0. The zero-order chi connectivity index (χ0) is 20.3. The molecule has 2 aromatic carbocycles. The van der Waals surface area contributed by atoms with E-state index in [9.17, 15) is 9.18 Å². The van der Waals surface area contributed by atoms with E-state index in [2.05, 4.69) is 21.9 Å². The van der Waals surface area contributed by atoms with E-state index in [0.717, 1.165) is 50.0 Å². The summed E-state index contributed by atoms with van der Waals surface area (Å²) in [5.41, 5.74) is 2.16. The Hall–Kier alpha value is -2.24. The molecule has 1 spiro atoms. The van der Waals surface area contributed by atoms with Gasteiger partial charge in [0.25, 0.3) is 0 Å². The number of halogens is 1. The second-order valence-electron chi connectivity index (χ2n) is 8.28. The Morgan fingerprint density at radius 1 is 1.07 bits per heavy atom. The lowest BCUT2D eigenvalue weighted by Crippen LogP contribution is -2.53. The number of carbonyl (C=O) groups is 1. The highest BCUT2D eigenvalue weighted by molar-refractivity contribution is 5.87. The molecule has 0 bridgehead atoms. The molecule has 29 heavy (non-hydrogen) atoms. The zero-order valence-electron chi connectivity index (χ0n) is 17.0. The van der Waals surface area contributed by atoms with Crippen LogP contribution >= 0.6 is 0 Å². The van der Waals surface area contributed by atoms with Crippen LogP contribution in [0.25, 0.3) is 0 Å². The molecule has 0 N–H and O–H groups in total. The van der Waals surface area contributed by atoms with Crippen molar-refractivity contribution in [2.24, 2.45) is 0 Å². The predicted molar refractivity (Wildman–Crippen MR) is 111 cm³/mol. The molecule has 5 heteroatoms. The van der Waals surface area contributed by atoms with E-state index in [1.807, 2.05) is 30.3 Å². The van der Waals surface area contributed by atoms with Crippen molar-refractivity contribution >= 4 is 5.91 Å². The van der Waals surface area contributed by atoms with Crippen LogP contribution in [-0.2, 0) is 16.1 Å². The molecular formula is C24H29FN2O2. The average Bonchev–Trinajstić information content (AvgIpc) is 3.02. The quantitative estimate of drug-likeness (QED) is 0.744. The minimum Gasteiger partial charge on any atom is -0.383 e. The fourth-order valence-corrected chi connectivity index (χ4v) is 4.92. The number of carbonyl (C=O) groups excluding carboxylic acids is 1. The molecule has 2 fully saturated rings. The smallest absolute Gasteiger partial charge is 0.230 e. The summed E-state index contributed by atoms with van der Waals surface area (Å²) in [6.45, 7) is 3.92. The van der Waals surface area contributed by atoms with Gasteiger partial charge in [0.2, 0.25) is 5.91 Å². The van der Waals surface area contributed by atoms with Crippen LogP contribution in [0.5, 0.6) is 0 Å². The summed E-state index contributed by atoms with van der Waals surface area (Å²) in [7, 11) is 1.69. The molecule has 2 aliphatic rings. The molecule has 4 rings (SSSR count). The van der Waals surface area contributed by atoms with Crippen LogP contribution in [0.15, 0.2) is 54.6 Å². The van der Waals surface area contributed by atoms with Crippen LogP contribution in [0.4, 0.5) is 4.39 Å². The second kappa shape index (κ2) is 8.64. The van der Waals surface area contributed by atoms with E-state index in [0.29, 0.717) is 13.2 Å². The molecule has 2 aromatic rings. The Bertz CT molecular complexity index is 817. The minimum atomic E-state index is -0.198. The Kier molecular flexibility index (Phi) is 5.97. The largest absolute Gasteiger partial charge is 0.383 e. The average molecular weight is 397 g/mol. The zero-order valence-corrected chi connectivity index (χ0v) is 17.0. The molecule has 1 amide bonds. The summed E-state index contributed by atoms with van der Waals surface area (Å²) >= 11 is 0. The van der Waals surface area contributed by atoms with E-state index >= 15 is 0 Å². The van der Waals surface area contributed by atoms with Crippen LogP contribution in [0.1, 0.15) is 36.3 Å². The van der Waals surface area contributed by atoms with Crippen LogP contribution < -0.4 is 0 Å². The van der Waals surface area contributed by atoms with Gasteiger partial charge in [0.15, 0.2) is 0 Å². The van der Waals surface area contributed by atoms with Gasteiger partial charge in [0.05, 0.1) is 12.5 Å². The van der Waals surface area contributed by atoms with Crippen molar-refractivity contribution in [1.29, 1.82) is 0 Å².